The molecule has 0 aliphatic rings. The molecule has 0 aliphatic heterocycles. The zero-order valence-electron chi connectivity index (χ0n) is 8.95. The molecule has 1 heterocycles. The van der Waals surface area contributed by atoms with Crippen LogP contribution >= 0.6 is 11.6 Å². The first-order chi connectivity index (χ1) is 8.38. The van der Waals surface area contributed by atoms with E-state index in [2.05, 4.69) is 5.10 Å². The molecule has 0 radical (unpaired) electrons. The second-order valence-electron chi connectivity index (χ2n) is 3.68. The van der Waals surface area contributed by atoms with Gasteiger partial charge >= 0.3 is 6.18 Å². The van der Waals surface area contributed by atoms with Crippen LogP contribution in [0, 0.1) is 0 Å². The Hall–Kier alpha value is -1.69. The van der Waals surface area contributed by atoms with Crippen LogP contribution < -0.4 is 0 Å². The fraction of sp³-hybridized carbons (Fsp3) is 0.182. The third-order valence-corrected chi connectivity index (χ3v) is 2.73. The summed E-state index contributed by atoms with van der Waals surface area (Å²) in [6.07, 6.45) is -3.25. The van der Waals surface area contributed by atoms with Crippen molar-refractivity contribution in [1.29, 1.82) is 0 Å². The van der Waals surface area contributed by atoms with Gasteiger partial charge in [-0.3, -0.25) is 0 Å². The Balaban J connectivity index is 2.28. The van der Waals surface area contributed by atoms with E-state index in [9.17, 15) is 18.3 Å². The largest absolute Gasteiger partial charge is 0.504 e. The lowest BCUT2D eigenvalue weighted by Crippen LogP contribution is -2.07. The van der Waals surface area contributed by atoms with E-state index >= 15 is 0 Å². The topological polar surface area (TPSA) is 38.1 Å². The molecule has 0 atom stereocenters. The van der Waals surface area contributed by atoms with Crippen LogP contribution in [0.15, 0.2) is 30.5 Å². The molecule has 3 nitrogen and oxygen atoms in total. The normalized spacial score (nSPS) is 11.8. The Labute approximate surface area is 105 Å². The first-order valence-electron chi connectivity index (χ1n) is 4.94. The third-order valence-electron chi connectivity index (χ3n) is 2.34. The summed E-state index contributed by atoms with van der Waals surface area (Å²) in [6, 6.07) is 4.86. The van der Waals surface area contributed by atoms with E-state index in [-0.39, 0.29) is 17.4 Å². The first kappa shape index (κ1) is 12.8. The lowest BCUT2D eigenvalue weighted by atomic mass is 10.1. The van der Waals surface area contributed by atoms with Gasteiger partial charge in [0.15, 0.2) is 10.9 Å². The Morgan fingerprint density at radius 3 is 2.61 bits per heavy atom. The van der Waals surface area contributed by atoms with E-state index in [1.807, 2.05) is 0 Å². The molecule has 7 heteroatoms. The second-order valence-corrected chi connectivity index (χ2v) is 4.03. The second kappa shape index (κ2) is 4.53. The SMILES string of the molecule is Oc1cnn(Cc2cccc(C(F)(F)F)c2)c1Cl. The minimum atomic E-state index is -4.38. The molecule has 0 bridgehead atoms. The molecule has 0 aliphatic carbocycles. The van der Waals surface area contributed by atoms with Crippen molar-refractivity contribution < 1.29 is 18.3 Å². The maximum absolute atomic E-state index is 12.5. The van der Waals surface area contributed by atoms with Crippen molar-refractivity contribution in [3.8, 4) is 5.75 Å². The molecule has 18 heavy (non-hydrogen) atoms. The molecule has 0 unspecified atom stereocenters. The maximum Gasteiger partial charge on any atom is 0.416 e. The Bertz CT molecular complexity index is 566. The van der Waals surface area contributed by atoms with Gasteiger partial charge in [0.25, 0.3) is 0 Å². The predicted octanol–water partition coefficient (Wildman–Crippen LogP) is 3.31. The standard InChI is InChI=1S/C11H8ClF3N2O/c12-10-9(18)5-16-17(10)6-7-2-1-3-8(4-7)11(13,14)15/h1-5,18H,6H2. The molecule has 0 spiro atoms. The van der Waals surface area contributed by atoms with Gasteiger partial charge < -0.3 is 5.11 Å². The number of nitrogens with zero attached hydrogens (tertiary/aromatic N) is 2. The minimum absolute atomic E-state index is 0.00703. The number of aromatic nitrogens is 2. The van der Waals surface area contributed by atoms with Crippen molar-refractivity contribution in [2.24, 2.45) is 0 Å². The highest BCUT2D eigenvalue weighted by Crippen LogP contribution is 2.30. The van der Waals surface area contributed by atoms with E-state index in [0.29, 0.717) is 5.56 Å². The molecule has 0 saturated heterocycles. The molecule has 96 valence electrons. The van der Waals surface area contributed by atoms with Gasteiger partial charge in [-0.1, -0.05) is 23.7 Å². The van der Waals surface area contributed by atoms with Crippen LogP contribution in [-0.4, -0.2) is 14.9 Å². The summed E-state index contributed by atoms with van der Waals surface area (Å²) in [5, 5.41) is 13.0. The molecule has 0 amide bonds. The number of alkyl halides is 3. The van der Waals surface area contributed by atoms with Gasteiger partial charge in [0, 0.05) is 0 Å². The molecule has 0 saturated carbocycles. The molecular weight excluding hydrogens is 269 g/mol. The van der Waals surface area contributed by atoms with Crippen LogP contribution in [0.2, 0.25) is 5.15 Å². The van der Waals surface area contributed by atoms with E-state index in [0.717, 1.165) is 18.3 Å². The van der Waals surface area contributed by atoms with Crippen molar-refractivity contribution in [2.75, 3.05) is 0 Å². The Kier molecular flexibility index (Phi) is 3.21. The highest BCUT2D eigenvalue weighted by Gasteiger charge is 2.30. The van der Waals surface area contributed by atoms with Crippen LogP contribution in [0.1, 0.15) is 11.1 Å². The van der Waals surface area contributed by atoms with Crippen molar-refractivity contribution in [2.45, 2.75) is 12.7 Å². The molecule has 1 aromatic carbocycles. The minimum Gasteiger partial charge on any atom is -0.504 e. The number of benzene rings is 1. The molecular formula is C11H8ClF3N2O. The van der Waals surface area contributed by atoms with Crippen molar-refractivity contribution in [3.05, 3.63) is 46.7 Å². The predicted molar refractivity (Wildman–Crippen MR) is 59.4 cm³/mol. The van der Waals surface area contributed by atoms with Gasteiger partial charge in [-0.15, -0.1) is 0 Å². The highest BCUT2D eigenvalue weighted by molar-refractivity contribution is 6.30. The summed E-state index contributed by atoms with van der Waals surface area (Å²) < 4.78 is 38.7. The highest BCUT2D eigenvalue weighted by atomic mass is 35.5. The lowest BCUT2D eigenvalue weighted by Gasteiger charge is -2.09. The summed E-state index contributed by atoms with van der Waals surface area (Å²) in [5.74, 6) is -0.205. The Morgan fingerprint density at radius 1 is 1.33 bits per heavy atom. The molecule has 2 aromatic rings. The van der Waals surface area contributed by atoms with Gasteiger partial charge in [0.05, 0.1) is 18.3 Å². The average molecular weight is 277 g/mol. The molecule has 2 rings (SSSR count). The summed E-state index contributed by atoms with van der Waals surface area (Å²) >= 11 is 5.72. The van der Waals surface area contributed by atoms with E-state index < -0.39 is 11.7 Å². The van der Waals surface area contributed by atoms with Crippen LogP contribution in [0.25, 0.3) is 0 Å². The van der Waals surface area contributed by atoms with Crippen molar-refractivity contribution in [1.82, 2.24) is 9.78 Å². The molecule has 0 fully saturated rings. The number of halogens is 4. The van der Waals surface area contributed by atoms with Gasteiger partial charge in [-0.25, -0.2) is 4.68 Å². The van der Waals surface area contributed by atoms with Crippen LogP contribution in [0.3, 0.4) is 0 Å². The quantitative estimate of drug-likeness (QED) is 0.914. The van der Waals surface area contributed by atoms with Crippen LogP contribution in [0.4, 0.5) is 13.2 Å². The number of rotatable bonds is 2. The van der Waals surface area contributed by atoms with Gasteiger partial charge in [-0.2, -0.15) is 18.3 Å². The zero-order chi connectivity index (χ0) is 13.3. The van der Waals surface area contributed by atoms with E-state index in [1.54, 1.807) is 0 Å². The summed E-state index contributed by atoms with van der Waals surface area (Å²) in [6.45, 7) is 0.0588. The summed E-state index contributed by atoms with van der Waals surface area (Å²) in [7, 11) is 0. The summed E-state index contributed by atoms with van der Waals surface area (Å²) in [4.78, 5) is 0. The van der Waals surface area contributed by atoms with Gasteiger partial charge in [-0.05, 0) is 17.7 Å². The Morgan fingerprint density at radius 2 is 2.06 bits per heavy atom. The van der Waals surface area contributed by atoms with Crippen molar-refractivity contribution >= 4 is 11.6 Å². The average Bonchev–Trinajstić information content (AvgIpc) is 2.60. The molecule has 1 aromatic heterocycles. The van der Waals surface area contributed by atoms with Crippen LogP contribution in [-0.2, 0) is 12.7 Å². The van der Waals surface area contributed by atoms with Gasteiger partial charge in [0.2, 0.25) is 0 Å². The number of hydrogen-bond acceptors (Lipinski definition) is 2. The third kappa shape index (κ3) is 2.59. The fourth-order valence-corrected chi connectivity index (χ4v) is 1.64. The maximum atomic E-state index is 12.5. The summed E-state index contributed by atoms with van der Waals surface area (Å²) in [5.41, 5.74) is -0.331. The lowest BCUT2D eigenvalue weighted by molar-refractivity contribution is -0.137. The monoisotopic (exact) mass is 276 g/mol. The van der Waals surface area contributed by atoms with Gasteiger partial charge in [0.1, 0.15) is 0 Å². The van der Waals surface area contributed by atoms with E-state index in [4.69, 9.17) is 11.6 Å². The number of aromatic hydroxyl groups is 1. The van der Waals surface area contributed by atoms with Crippen LogP contribution in [0.5, 0.6) is 5.75 Å². The fourth-order valence-electron chi connectivity index (χ4n) is 1.49. The van der Waals surface area contributed by atoms with E-state index in [1.165, 1.54) is 16.8 Å². The van der Waals surface area contributed by atoms with Crippen molar-refractivity contribution in [3.63, 3.8) is 0 Å². The number of hydrogen-bond donors (Lipinski definition) is 1. The molecule has 1 N–H and O–H groups in total. The first-order valence-corrected chi connectivity index (χ1v) is 5.32. The zero-order valence-corrected chi connectivity index (χ0v) is 9.70. The smallest absolute Gasteiger partial charge is 0.416 e.